The number of aryl methyl sites for hydroxylation is 3. The van der Waals surface area contributed by atoms with Crippen LogP contribution in [-0.2, 0) is 4.74 Å². The van der Waals surface area contributed by atoms with Crippen LogP contribution in [0.5, 0.6) is 0 Å². The standard InChI is InChI=1S/C27H32N4OS/c1-17-9-7-10-18(2)25(17)31-19(3)15-22(20(31)4)26-24(23-12-5-6-13-28-23)29-27(33)30(26)16-21-11-8-14-32-21/h5-7,9-10,12-13,15,21,24,26H,8,11,14,16H2,1-4H3,(H,29,33)/t21-,24-,26-/m1/s1. The Morgan fingerprint density at radius 3 is 2.55 bits per heavy atom. The Morgan fingerprint density at radius 1 is 1.09 bits per heavy atom. The number of hydrogen-bond acceptors (Lipinski definition) is 3. The number of nitrogens with zero attached hydrogens (tertiary/aromatic N) is 3. The van der Waals surface area contributed by atoms with Crippen LogP contribution in [0.15, 0.2) is 48.7 Å². The Balaban J connectivity index is 1.62. The van der Waals surface area contributed by atoms with Crippen molar-refractivity contribution in [1.29, 1.82) is 0 Å². The van der Waals surface area contributed by atoms with E-state index in [9.17, 15) is 0 Å². The van der Waals surface area contributed by atoms with Gasteiger partial charge in [-0.3, -0.25) is 4.98 Å². The van der Waals surface area contributed by atoms with Crippen LogP contribution in [0.1, 0.15) is 58.7 Å². The van der Waals surface area contributed by atoms with Crippen molar-refractivity contribution in [2.75, 3.05) is 13.2 Å². The fourth-order valence-electron chi connectivity index (χ4n) is 5.54. The minimum atomic E-state index is -0.00739. The number of aromatic nitrogens is 2. The van der Waals surface area contributed by atoms with Crippen molar-refractivity contribution >= 4 is 17.3 Å². The Bertz CT molecular complexity index is 1150. The number of para-hydroxylation sites is 1. The van der Waals surface area contributed by atoms with E-state index >= 15 is 0 Å². The highest BCUT2D eigenvalue weighted by Crippen LogP contribution is 2.42. The zero-order valence-electron chi connectivity index (χ0n) is 19.8. The molecule has 1 N–H and O–H groups in total. The molecule has 5 rings (SSSR count). The predicted octanol–water partition coefficient (Wildman–Crippen LogP) is 5.26. The Hall–Kier alpha value is -2.70. The molecule has 4 heterocycles. The summed E-state index contributed by atoms with van der Waals surface area (Å²) in [5.41, 5.74) is 8.61. The SMILES string of the molecule is Cc1cccc(C)c1-n1c(C)cc([C@@H]2[C@@H](c3ccccn3)NC(=S)N2C[C@H]2CCCO2)c1C. The van der Waals surface area contributed by atoms with Crippen LogP contribution in [0.2, 0.25) is 0 Å². The molecule has 6 heteroatoms. The van der Waals surface area contributed by atoms with Crippen LogP contribution in [0.4, 0.5) is 0 Å². The summed E-state index contributed by atoms with van der Waals surface area (Å²) in [5.74, 6) is 0. The molecule has 3 atom stereocenters. The maximum absolute atomic E-state index is 6.00. The Morgan fingerprint density at radius 2 is 1.88 bits per heavy atom. The summed E-state index contributed by atoms with van der Waals surface area (Å²) in [6, 6.07) is 15.0. The smallest absolute Gasteiger partial charge is 0.170 e. The highest BCUT2D eigenvalue weighted by Gasteiger charge is 2.42. The van der Waals surface area contributed by atoms with Gasteiger partial charge in [-0.05, 0) is 87.6 Å². The molecule has 0 radical (unpaired) electrons. The molecule has 0 saturated carbocycles. The first-order chi connectivity index (χ1) is 16.0. The van der Waals surface area contributed by atoms with Crippen LogP contribution in [-0.4, -0.2) is 38.8 Å². The van der Waals surface area contributed by atoms with Crippen molar-refractivity contribution in [2.45, 2.75) is 58.7 Å². The van der Waals surface area contributed by atoms with Gasteiger partial charge in [0.1, 0.15) is 0 Å². The van der Waals surface area contributed by atoms with Gasteiger partial charge in [0.25, 0.3) is 0 Å². The summed E-state index contributed by atoms with van der Waals surface area (Å²) in [4.78, 5) is 7.03. The van der Waals surface area contributed by atoms with Crippen molar-refractivity contribution < 1.29 is 4.74 Å². The van der Waals surface area contributed by atoms with E-state index in [1.54, 1.807) is 0 Å². The van der Waals surface area contributed by atoms with E-state index < -0.39 is 0 Å². The summed E-state index contributed by atoms with van der Waals surface area (Å²) < 4.78 is 8.40. The molecule has 0 amide bonds. The first-order valence-electron chi connectivity index (χ1n) is 11.8. The van der Waals surface area contributed by atoms with Gasteiger partial charge in [-0.25, -0.2) is 0 Å². The molecule has 2 saturated heterocycles. The van der Waals surface area contributed by atoms with Crippen LogP contribution >= 0.6 is 12.2 Å². The molecule has 3 aromatic rings. The quantitative estimate of drug-likeness (QED) is 0.526. The molecular weight excluding hydrogens is 428 g/mol. The first-order valence-corrected chi connectivity index (χ1v) is 12.2. The molecule has 1 aromatic carbocycles. The van der Waals surface area contributed by atoms with Crippen LogP contribution in [0.25, 0.3) is 5.69 Å². The summed E-state index contributed by atoms with van der Waals surface area (Å²) in [5, 5.41) is 4.37. The lowest BCUT2D eigenvalue weighted by atomic mass is 9.96. The van der Waals surface area contributed by atoms with Gasteiger partial charge in [0.2, 0.25) is 0 Å². The number of hydrogen-bond donors (Lipinski definition) is 1. The highest BCUT2D eigenvalue weighted by atomic mass is 32.1. The molecule has 2 aliphatic rings. The second-order valence-corrected chi connectivity index (χ2v) is 9.70. The van der Waals surface area contributed by atoms with Crippen molar-refractivity contribution in [1.82, 2.24) is 19.8 Å². The van der Waals surface area contributed by atoms with Crippen LogP contribution < -0.4 is 5.32 Å². The second kappa shape index (κ2) is 8.92. The van der Waals surface area contributed by atoms with Crippen molar-refractivity contribution in [3.8, 4) is 5.69 Å². The molecule has 172 valence electrons. The van der Waals surface area contributed by atoms with E-state index in [1.165, 1.54) is 33.8 Å². The number of thiocarbonyl (C=S) groups is 1. The lowest BCUT2D eigenvalue weighted by Crippen LogP contribution is -2.36. The predicted molar refractivity (Wildman–Crippen MR) is 136 cm³/mol. The monoisotopic (exact) mass is 460 g/mol. The Kier molecular flexibility index (Phi) is 5.97. The largest absolute Gasteiger partial charge is 0.376 e. The third-order valence-corrected chi connectivity index (χ3v) is 7.43. The van der Waals surface area contributed by atoms with Gasteiger partial charge in [-0.2, -0.15) is 0 Å². The van der Waals surface area contributed by atoms with E-state index in [1.807, 2.05) is 18.3 Å². The van der Waals surface area contributed by atoms with E-state index in [0.717, 1.165) is 36.8 Å². The average molecular weight is 461 g/mol. The minimum absolute atomic E-state index is 0.00739. The normalized spacial score (nSPS) is 22.7. The summed E-state index contributed by atoms with van der Waals surface area (Å²) in [6.45, 7) is 10.4. The van der Waals surface area contributed by atoms with Gasteiger partial charge >= 0.3 is 0 Å². The summed E-state index contributed by atoms with van der Waals surface area (Å²) in [6.07, 6.45) is 4.28. The van der Waals surface area contributed by atoms with Gasteiger partial charge in [0.15, 0.2) is 5.11 Å². The van der Waals surface area contributed by atoms with E-state index in [-0.39, 0.29) is 18.2 Å². The first kappa shape index (κ1) is 22.1. The molecule has 2 fully saturated rings. The molecule has 2 aliphatic heterocycles. The molecule has 5 nitrogen and oxygen atoms in total. The van der Waals surface area contributed by atoms with Gasteiger partial charge in [-0.15, -0.1) is 0 Å². The van der Waals surface area contributed by atoms with E-state index in [2.05, 4.69) is 72.8 Å². The van der Waals surface area contributed by atoms with Crippen molar-refractivity contribution in [2.24, 2.45) is 0 Å². The van der Waals surface area contributed by atoms with Crippen LogP contribution in [0.3, 0.4) is 0 Å². The number of benzene rings is 1. The van der Waals surface area contributed by atoms with Crippen LogP contribution in [0, 0.1) is 27.7 Å². The molecular formula is C27H32N4OS. The zero-order chi connectivity index (χ0) is 23.1. The minimum Gasteiger partial charge on any atom is -0.376 e. The number of pyridine rings is 1. The third-order valence-electron chi connectivity index (χ3n) is 7.07. The van der Waals surface area contributed by atoms with Gasteiger partial charge < -0.3 is 19.5 Å². The maximum atomic E-state index is 6.00. The summed E-state index contributed by atoms with van der Waals surface area (Å²) >= 11 is 5.87. The molecule has 0 unspecified atom stereocenters. The average Bonchev–Trinajstić information content (AvgIpc) is 3.50. The maximum Gasteiger partial charge on any atom is 0.170 e. The molecule has 0 bridgehead atoms. The van der Waals surface area contributed by atoms with E-state index in [0.29, 0.717) is 0 Å². The lowest BCUT2D eigenvalue weighted by Gasteiger charge is -2.30. The van der Waals surface area contributed by atoms with Gasteiger partial charge in [0.05, 0.1) is 29.6 Å². The molecule has 2 aromatic heterocycles. The zero-order valence-corrected chi connectivity index (χ0v) is 20.7. The molecule has 0 aliphatic carbocycles. The topological polar surface area (TPSA) is 42.3 Å². The second-order valence-electron chi connectivity index (χ2n) is 9.32. The third kappa shape index (κ3) is 3.96. The van der Waals surface area contributed by atoms with Gasteiger partial charge in [0, 0.05) is 30.7 Å². The fourth-order valence-corrected chi connectivity index (χ4v) is 5.85. The lowest BCUT2D eigenvalue weighted by molar-refractivity contribution is 0.0842. The highest BCUT2D eigenvalue weighted by molar-refractivity contribution is 7.80. The van der Waals surface area contributed by atoms with E-state index in [4.69, 9.17) is 21.9 Å². The molecule has 33 heavy (non-hydrogen) atoms. The van der Waals surface area contributed by atoms with Crippen molar-refractivity contribution in [3.05, 3.63) is 82.4 Å². The van der Waals surface area contributed by atoms with Crippen molar-refractivity contribution in [3.63, 3.8) is 0 Å². The fraction of sp³-hybridized carbons (Fsp3) is 0.407. The Labute approximate surface area is 201 Å². The number of nitrogens with one attached hydrogen (secondary N) is 1. The number of ether oxygens (including phenoxy) is 1. The number of rotatable bonds is 5. The molecule has 0 spiro atoms. The summed E-state index contributed by atoms with van der Waals surface area (Å²) in [7, 11) is 0. The van der Waals surface area contributed by atoms with Gasteiger partial charge in [-0.1, -0.05) is 24.3 Å².